The van der Waals surface area contributed by atoms with Gasteiger partial charge < -0.3 is 19.5 Å². The number of thiophene rings is 1. The molecule has 2 aromatic heterocycles. The third-order valence-electron chi connectivity index (χ3n) is 4.36. The van der Waals surface area contributed by atoms with Crippen molar-refractivity contribution < 1.29 is 14.1 Å². The van der Waals surface area contributed by atoms with E-state index >= 15 is 0 Å². The molecule has 0 unspecified atom stereocenters. The molecule has 4 rings (SSSR count). The molecule has 1 aliphatic heterocycles. The monoisotopic (exact) mass is 418 g/mol. The Morgan fingerprint density at radius 3 is 2.89 bits per heavy atom. The van der Waals surface area contributed by atoms with Gasteiger partial charge in [0, 0.05) is 25.9 Å². The van der Waals surface area contributed by atoms with E-state index in [4.69, 9.17) is 20.9 Å². The van der Waals surface area contributed by atoms with Crippen LogP contribution >= 0.6 is 22.9 Å². The molecule has 0 saturated carbocycles. The lowest BCUT2D eigenvalue weighted by Gasteiger charge is -2.31. The van der Waals surface area contributed by atoms with Crippen LogP contribution < -0.4 is 10.2 Å². The molecule has 1 N–H and O–H groups in total. The van der Waals surface area contributed by atoms with Crippen LogP contribution in [0.25, 0.3) is 10.7 Å². The lowest BCUT2D eigenvalue weighted by atomic mass is 10.2. The Morgan fingerprint density at radius 2 is 2.11 bits per heavy atom. The Labute approximate surface area is 171 Å². The number of para-hydroxylation sites is 1. The third kappa shape index (κ3) is 4.35. The van der Waals surface area contributed by atoms with E-state index in [2.05, 4.69) is 20.4 Å². The number of ether oxygens (including phenoxy) is 1. The molecule has 1 fully saturated rings. The summed E-state index contributed by atoms with van der Waals surface area (Å²) in [5.41, 5.74) is 1.53. The SMILES string of the molecule is O=C(CCc1nc(-c2cccs2)no1)Nc1cccc(Cl)c1N1CCOCC1. The highest BCUT2D eigenvalue weighted by atomic mass is 35.5. The van der Waals surface area contributed by atoms with Crippen LogP contribution in [0.15, 0.2) is 40.2 Å². The number of halogens is 1. The largest absolute Gasteiger partial charge is 0.378 e. The number of carbonyl (C=O) groups is 1. The molecule has 0 aliphatic carbocycles. The molecular formula is C19H19ClN4O3S. The van der Waals surface area contributed by atoms with Crippen molar-refractivity contribution >= 4 is 40.2 Å². The first-order chi connectivity index (χ1) is 13.7. The number of amides is 1. The summed E-state index contributed by atoms with van der Waals surface area (Å²) >= 11 is 7.95. The summed E-state index contributed by atoms with van der Waals surface area (Å²) in [5, 5.41) is 9.49. The number of benzene rings is 1. The molecule has 7 nitrogen and oxygen atoms in total. The molecule has 0 bridgehead atoms. The molecule has 1 saturated heterocycles. The number of carbonyl (C=O) groups excluding carboxylic acids is 1. The zero-order chi connectivity index (χ0) is 19.3. The zero-order valence-corrected chi connectivity index (χ0v) is 16.6. The number of rotatable bonds is 6. The number of anilines is 2. The Bertz CT molecular complexity index is 939. The molecule has 9 heteroatoms. The second-order valence-corrected chi connectivity index (χ2v) is 7.63. The van der Waals surface area contributed by atoms with E-state index in [1.165, 1.54) is 0 Å². The van der Waals surface area contributed by atoms with Crippen LogP contribution in [0.1, 0.15) is 12.3 Å². The van der Waals surface area contributed by atoms with E-state index in [0.29, 0.717) is 42.1 Å². The lowest BCUT2D eigenvalue weighted by Crippen LogP contribution is -2.37. The van der Waals surface area contributed by atoms with Gasteiger partial charge in [0.25, 0.3) is 0 Å². The van der Waals surface area contributed by atoms with Gasteiger partial charge in [0.05, 0.1) is 34.5 Å². The first-order valence-corrected chi connectivity index (χ1v) is 10.2. The molecule has 3 aromatic rings. The Morgan fingerprint density at radius 1 is 1.25 bits per heavy atom. The van der Waals surface area contributed by atoms with Crippen molar-refractivity contribution in [1.82, 2.24) is 10.1 Å². The number of nitrogens with zero attached hydrogens (tertiary/aromatic N) is 3. The predicted molar refractivity (Wildman–Crippen MR) is 109 cm³/mol. The third-order valence-corrected chi connectivity index (χ3v) is 5.53. The minimum absolute atomic E-state index is 0.132. The number of aryl methyl sites for hydroxylation is 1. The molecular weight excluding hydrogens is 400 g/mol. The van der Waals surface area contributed by atoms with Gasteiger partial charge in [-0.2, -0.15) is 4.98 Å². The molecule has 1 aromatic carbocycles. The summed E-state index contributed by atoms with van der Waals surface area (Å²) in [6, 6.07) is 9.37. The van der Waals surface area contributed by atoms with Gasteiger partial charge in [-0.05, 0) is 23.6 Å². The number of hydrogen-bond acceptors (Lipinski definition) is 7. The fourth-order valence-corrected chi connectivity index (χ4v) is 3.96. The average molecular weight is 419 g/mol. The molecule has 0 radical (unpaired) electrons. The number of aromatic nitrogens is 2. The van der Waals surface area contributed by atoms with Gasteiger partial charge in [-0.25, -0.2) is 0 Å². The van der Waals surface area contributed by atoms with Crippen LogP contribution in [0.4, 0.5) is 11.4 Å². The summed E-state index contributed by atoms with van der Waals surface area (Å²) in [6.45, 7) is 2.75. The topological polar surface area (TPSA) is 80.5 Å². The first-order valence-electron chi connectivity index (χ1n) is 8.98. The maximum atomic E-state index is 12.5. The second kappa shape index (κ2) is 8.72. The minimum atomic E-state index is -0.132. The van der Waals surface area contributed by atoms with Crippen molar-refractivity contribution in [2.75, 3.05) is 36.5 Å². The van der Waals surface area contributed by atoms with E-state index in [9.17, 15) is 4.79 Å². The normalized spacial score (nSPS) is 14.2. The van der Waals surface area contributed by atoms with Gasteiger partial charge in [0.1, 0.15) is 0 Å². The molecule has 1 amide bonds. The van der Waals surface area contributed by atoms with E-state index < -0.39 is 0 Å². The quantitative estimate of drug-likeness (QED) is 0.654. The highest BCUT2D eigenvalue weighted by molar-refractivity contribution is 7.13. The Hall–Kier alpha value is -2.42. The summed E-state index contributed by atoms with van der Waals surface area (Å²) in [6.07, 6.45) is 0.610. The average Bonchev–Trinajstić information content (AvgIpc) is 3.39. The second-order valence-electron chi connectivity index (χ2n) is 6.27. The van der Waals surface area contributed by atoms with Crippen molar-refractivity contribution in [2.45, 2.75) is 12.8 Å². The molecule has 1 aliphatic rings. The predicted octanol–water partition coefficient (Wildman–Crippen LogP) is 3.86. The van der Waals surface area contributed by atoms with E-state index in [1.54, 1.807) is 11.3 Å². The molecule has 28 heavy (non-hydrogen) atoms. The van der Waals surface area contributed by atoms with Gasteiger partial charge in [-0.3, -0.25) is 4.79 Å². The van der Waals surface area contributed by atoms with Gasteiger partial charge in [0.2, 0.25) is 17.6 Å². The van der Waals surface area contributed by atoms with Crippen LogP contribution in [0.2, 0.25) is 5.02 Å². The molecule has 0 atom stereocenters. The zero-order valence-electron chi connectivity index (χ0n) is 15.1. The van der Waals surface area contributed by atoms with Crippen LogP contribution in [-0.4, -0.2) is 42.4 Å². The molecule has 3 heterocycles. The molecule has 146 valence electrons. The minimum Gasteiger partial charge on any atom is -0.378 e. The van der Waals surface area contributed by atoms with Crippen LogP contribution in [0.3, 0.4) is 0 Å². The Balaban J connectivity index is 1.39. The van der Waals surface area contributed by atoms with Gasteiger partial charge in [-0.15, -0.1) is 11.3 Å². The number of nitrogens with one attached hydrogen (secondary N) is 1. The van der Waals surface area contributed by atoms with Crippen LogP contribution in [-0.2, 0) is 16.0 Å². The highest BCUT2D eigenvalue weighted by Crippen LogP contribution is 2.34. The maximum absolute atomic E-state index is 12.5. The van der Waals surface area contributed by atoms with Crippen molar-refractivity contribution in [3.63, 3.8) is 0 Å². The fraction of sp³-hybridized carbons (Fsp3) is 0.316. The first kappa shape index (κ1) is 18.9. The maximum Gasteiger partial charge on any atom is 0.227 e. The summed E-state index contributed by atoms with van der Waals surface area (Å²) in [7, 11) is 0. The van der Waals surface area contributed by atoms with E-state index in [-0.39, 0.29) is 12.3 Å². The van der Waals surface area contributed by atoms with E-state index in [0.717, 1.165) is 23.7 Å². The van der Waals surface area contributed by atoms with Gasteiger partial charge in [-0.1, -0.05) is 28.9 Å². The number of morpholine rings is 1. The van der Waals surface area contributed by atoms with Crippen molar-refractivity contribution in [3.8, 4) is 10.7 Å². The van der Waals surface area contributed by atoms with E-state index in [1.807, 2.05) is 35.7 Å². The van der Waals surface area contributed by atoms with Crippen LogP contribution in [0.5, 0.6) is 0 Å². The number of hydrogen-bond donors (Lipinski definition) is 1. The summed E-state index contributed by atoms with van der Waals surface area (Å²) in [4.78, 5) is 19.9. The lowest BCUT2D eigenvalue weighted by molar-refractivity contribution is -0.116. The standard InChI is InChI=1S/C19H19ClN4O3S/c20-13-3-1-4-14(18(13)24-8-10-26-11-9-24)21-16(25)6-7-17-22-19(23-27-17)15-5-2-12-28-15/h1-5,12H,6-11H2,(H,21,25). The molecule has 0 spiro atoms. The van der Waals surface area contributed by atoms with Crippen molar-refractivity contribution in [3.05, 3.63) is 46.6 Å². The highest BCUT2D eigenvalue weighted by Gasteiger charge is 2.19. The Kier molecular flexibility index (Phi) is 5.90. The van der Waals surface area contributed by atoms with Crippen LogP contribution in [0, 0.1) is 0 Å². The van der Waals surface area contributed by atoms with Gasteiger partial charge >= 0.3 is 0 Å². The van der Waals surface area contributed by atoms with Crippen molar-refractivity contribution in [1.29, 1.82) is 0 Å². The fourth-order valence-electron chi connectivity index (χ4n) is 3.02. The summed E-state index contributed by atoms with van der Waals surface area (Å²) < 4.78 is 10.7. The van der Waals surface area contributed by atoms with Gasteiger partial charge in [0.15, 0.2) is 0 Å². The van der Waals surface area contributed by atoms with Crippen molar-refractivity contribution in [2.24, 2.45) is 0 Å². The summed E-state index contributed by atoms with van der Waals surface area (Å²) in [5.74, 6) is 0.862. The smallest absolute Gasteiger partial charge is 0.227 e.